The van der Waals surface area contributed by atoms with Crippen molar-refractivity contribution in [2.24, 2.45) is 4.99 Å². The number of halogens is 2. The van der Waals surface area contributed by atoms with Gasteiger partial charge in [-0.25, -0.2) is 23.6 Å². The third-order valence-electron chi connectivity index (χ3n) is 2.30. The van der Waals surface area contributed by atoms with Crippen LogP contribution in [0.4, 0.5) is 19.4 Å². The Balaban J connectivity index is 2.05. The Hall–Kier alpha value is -3.10. The summed E-state index contributed by atoms with van der Waals surface area (Å²) >= 11 is 0. The maximum atomic E-state index is 13.5. The predicted molar refractivity (Wildman–Crippen MR) is 76.9 cm³/mol. The molecular formula is C14H12F2N4O3. The molecular weight excluding hydrogens is 310 g/mol. The summed E-state index contributed by atoms with van der Waals surface area (Å²) in [6, 6.07) is 4.30. The molecule has 0 bridgehead atoms. The van der Waals surface area contributed by atoms with Crippen LogP contribution in [-0.4, -0.2) is 41.5 Å². The highest BCUT2D eigenvalue weighted by Gasteiger charge is 2.13. The Morgan fingerprint density at radius 3 is 2.57 bits per heavy atom. The highest BCUT2D eigenvalue weighted by atomic mass is 19.1. The second-order valence-electron chi connectivity index (χ2n) is 4.44. The Kier molecular flexibility index (Phi) is 5.13. The highest BCUT2D eigenvalue weighted by Crippen LogP contribution is 2.17. The minimum Gasteiger partial charge on any atom is -0.395 e. The fraction of sp³-hybridized carbons (Fsp3) is 0.143. The maximum absolute atomic E-state index is 13.5. The van der Waals surface area contributed by atoms with Gasteiger partial charge in [0.2, 0.25) is 0 Å². The van der Waals surface area contributed by atoms with Gasteiger partial charge in [-0.3, -0.25) is 0 Å². The zero-order valence-corrected chi connectivity index (χ0v) is 12.2. The summed E-state index contributed by atoms with van der Waals surface area (Å²) in [6.07, 6.45) is 0.993. The zero-order valence-electron chi connectivity index (χ0n) is 12.2. The minimum atomic E-state index is -1.15. The van der Waals surface area contributed by atoms with Crippen molar-refractivity contribution in [3.63, 3.8) is 0 Å². The van der Waals surface area contributed by atoms with Gasteiger partial charge in [-0.1, -0.05) is 0 Å². The molecule has 1 aromatic carbocycles. The number of nitrogens with zero attached hydrogens (tertiary/aromatic N) is 4. The summed E-state index contributed by atoms with van der Waals surface area (Å²) in [6.45, 7) is 0. The van der Waals surface area contributed by atoms with Gasteiger partial charge in [-0.2, -0.15) is 4.98 Å². The largest absolute Gasteiger partial charge is 0.521 e. The first kappa shape index (κ1) is 16.3. The smallest absolute Gasteiger partial charge is 0.395 e. The van der Waals surface area contributed by atoms with Crippen LogP contribution < -0.4 is 9.47 Å². The van der Waals surface area contributed by atoms with Gasteiger partial charge in [0.25, 0.3) is 0 Å². The number of ether oxygens (including phenoxy) is 2. The fourth-order valence-corrected chi connectivity index (χ4v) is 1.35. The number of aliphatic imine (C=N–C) groups is 1. The third kappa shape index (κ3) is 4.99. The zero-order chi connectivity index (χ0) is 16.8. The summed E-state index contributed by atoms with van der Waals surface area (Å²) < 4.78 is 35.7. The first-order valence-electron chi connectivity index (χ1n) is 6.32. The number of aromatic nitrogens is 2. The van der Waals surface area contributed by atoms with Crippen molar-refractivity contribution in [3.05, 3.63) is 42.1 Å². The van der Waals surface area contributed by atoms with Crippen LogP contribution in [0.3, 0.4) is 0 Å². The lowest BCUT2D eigenvalue weighted by Crippen LogP contribution is -2.15. The molecule has 23 heavy (non-hydrogen) atoms. The van der Waals surface area contributed by atoms with E-state index in [2.05, 4.69) is 15.0 Å². The molecule has 0 saturated carbocycles. The van der Waals surface area contributed by atoms with Gasteiger partial charge in [0.1, 0.15) is 11.6 Å². The molecule has 2 aromatic rings. The molecule has 0 fully saturated rings. The molecule has 9 heteroatoms. The molecule has 0 unspecified atom stereocenters. The second kappa shape index (κ2) is 7.25. The molecule has 0 aliphatic carbocycles. The lowest BCUT2D eigenvalue weighted by atomic mass is 10.3. The SMILES string of the molecule is CN(C)/C=N/c1nc(OC(=O)Oc2ccc(F)cc2)ncc1F. The van der Waals surface area contributed by atoms with Crippen LogP contribution in [-0.2, 0) is 0 Å². The van der Waals surface area contributed by atoms with E-state index < -0.39 is 23.8 Å². The number of benzene rings is 1. The van der Waals surface area contributed by atoms with Crippen LogP contribution in [0.2, 0.25) is 0 Å². The van der Waals surface area contributed by atoms with Crippen LogP contribution in [0.1, 0.15) is 0 Å². The maximum Gasteiger partial charge on any atom is 0.521 e. The van der Waals surface area contributed by atoms with Crippen LogP contribution in [0.15, 0.2) is 35.5 Å². The lowest BCUT2D eigenvalue weighted by molar-refractivity contribution is 0.147. The topological polar surface area (TPSA) is 76.9 Å². The van der Waals surface area contributed by atoms with Crippen molar-refractivity contribution < 1.29 is 23.0 Å². The number of hydrogen-bond acceptors (Lipinski definition) is 6. The van der Waals surface area contributed by atoms with E-state index in [9.17, 15) is 13.6 Å². The third-order valence-corrected chi connectivity index (χ3v) is 2.30. The van der Waals surface area contributed by atoms with Gasteiger partial charge in [-0.05, 0) is 24.3 Å². The van der Waals surface area contributed by atoms with Gasteiger partial charge in [-0.15, -0.1) is 0 Å². The van der Waals surface area contributed by atoms with Gasteiger partial charge >= 0.3 is 12.2 Å². The standard InChI is InChI=1S/C14H12F2N4O3/c1-20(2)8-18-12-11(16)7-17-13(19-12)23-14(21)22-10-5-3-9(15)4-6-10/h3-8H,1-2H3/b18-8+. The number of carbonyl (C=O) groups is 1. The van der Waals surface area contributed by atoms with E-state index in [1.54, 1.807) is 19.0 Å². The molecule has 0 aliphatic heterocycles. The Morgan fingerprint density at radius 1 is 1.22 bits per heavy atom. The van der Waals surface area contributed by atoms with Crippen molar-refractivity contribution in [2.75, 3.05) is 14.1 Å². The van der Waals surface area contributed by atoms with E-state index in [-0.39, 0.29) is 11.6 Å². The average molecular weight is 322 g/mol. The summed E-state index contributed by atoms with van der Waals surface area (Å²) in [5.41, 5.74) is 0. The summed E-state index contributed by atoms with van der Waals surface area (Å²) in [7, 11) is 3.39. The first-order valence-corrected chi connectivity index (χ1v) is 6.32. The van der Waals surface area contributed by atoms with Gasteiger partial charge in [0.15, 0.2) is 11.6 Å². The molecule has 2 rings (SSSR count). The summed E-state index contributed by atoms with van der Waals surface area (Å²) in [5.74, 6) is -1.47. The molecule has 7 nitrogen and oxygen atoms in total. The summed E-state index contributed by atoms with van der Waals surface area (Å²) in [4.78, 5) is 24.1. The van der Waals surface area contributed by atoms with Crippen LogP contribution in [0.5, 0.6) is 11.8 Å². The number of hydrogen-bond donors (Lipinski definition) is 0. The van der Waals surface area contributed by atoms with Gasteiger partial charge in [0.05, 0.1) is 12.5 Å². The molecule has 0 atom stereocenters. The molecule has 1 aromatic heterocycles. The van der Waals surface area contributed by atoms with E-state index in [0.717, 1.165) is 18.3 Å². The van der Waals surface area contributed by atoms with Gasteiger partial charge < -0.3 is 14.4 Å². The monoisotopic (exact) mass is 322 g/mol. The normalized spacial score (nSPS) is 10.6. The summed E-state index contributed by atoms with van der Waals surface area (Å²) in [5, 5.41) is 0. The Morgan fingerprint density at radius 2 is 1.91 bits per heavy atom. The molecule has 120 valence electrons. The quantitative estimate of drug-likeness (QED) is 0.373. The molecule has 0 saturated heterocycles. The van der Waals surface area contributed by atoms with Crippen LogP contribution >= 0.6 is 0 Å². The van der Waals surface area contributed by atoms with E-state index in [1.165, 1.54) is 18.5 Å². The van der Waals surface area contributed by atoms with E-state index >= 15 is 0 Å². The second-order valence-corrected chi connectivity index (χ2v) is 4.44. The van der Waals surface area contributed by atoms with Crippen molar-refractivity contribution in [1.29, 1.82) is 0 Å². The van der Waals surface area contributed by atoms with E-state index in [1.807, 2.05) is 0 Å². The Bertz CT molecular complexity index is 720. The number of rotatable bonds is 4. The number of carbonyl (C=O) groups excluding carboxylic acids is 1. The van der Waals surface area contributed by atoms with Gasteiger partial charge in [0, 0.05) is 14.1 Å². The molecule has 1 heterocycles. The Labute approximate surface area is 130 Å². The van der Waals surface area contributed by atoms with Crippen molar-refractivity contribution in [1.82, 2.24) is 14.9 Å². The van der Waals surface area contributed by atoms with Crippen LogP contribution in [0.25, 0.3) is 0 Å². The highest BCUT2D eigenvalue weighted by molar-refractivity contribution is 5.66. The van der Waals surface area contributed by atoms with Crippen molar-refractivity contribution in [2.45, 2.75) is 0 Å². The first-order chi connectivity index (χ1) is 10.9. The molecule has 0 aliphatic rings. The van der Waals surface area contributed by atoms with E-state index in [0.29, 0.717) is 0 Å². The predicted octanol–water partition coefficient (Wildman–Crippen LogP) is 2.55. The minimum absolute atomic E-state index is 0.0735. The molecule has 0 spiro atoms. The molecule has 0 N–H and O–H groups in total. The van der Waals surface area contributed by atoms with Crippen molar-refractivity contribution >= 4 is 18.3 Å². The lowest BCUT2D eigenvalue weighted by Gasteiger charge is -2.05. The van der Waals surface area contributed by atoms with Crippen LogP contribution in [0, 0.1) is 11.6 Å². The average Bonchev–Trinajstić information content (AvgIpc) is 2.50. The fourth-order valence-electron chi connectivity index (χ4n) is 1.35. The van der Waals surface area contributed by atoms with Crippen molar-refractivity contribution in [3.8, 4) is 11.8 Å². The van der Waals surface area contributed by atoms with E-state index in [4.69, 9.17) is 9.47 Å². The molecule has 0 amide bonds. The molecule has 0 radical (unpaired) electrons.